The lowest BCUT2D eigenvalue weighted by Crippen LogP contribution is -2.31. The Morgan fingerprint density at radius 1 is 1.14 bits per heavy atom. The summed E-state index contributed by atoms with van der Waals surface area (Å²) in [6, 6.07) is 20.0. The zero-order valence-corrected chi connectivity index (χ0v) is 22.4. The number of nitrogens with zero attached hydrogens (tertiary/aromatic N) is 1. The molecule has 3 N–H and O–H groups in total. The maximum Gasteiger partial charge on any atom is 0.254 e. The van der Waals surface area contributed by atoms with Gasteiger partial charge in [-0.2, -0.15) is 5.26 Å². The molecule has 0 fully saturated rings. The number of nitrogens with one attached hydrogen (secondary N) is 3. The van der Waals surface area contributed by atoms with E-state index in [1.54, 1.807) is 55.5 Å². The maximum atomic E-state index is 13.5. The minimum absolute atomic E-state index is 0.0600. The zero-order valence-electron chi connectivity index (χ0n) is 20.0. The van der Waals surface area contributed by atoms with Crippen LogP contribution in [0.25, 0.3) is 0 Å². The van der Waals surface area contributed by atoms with Crippen LogP contribution in [0.1, 0.15) is 18.6 Å². The smallest absolute Gasteiger partial charge is 0.254 e. The first-order valence-electron chi connectivity index (χ1n) is 11.2. The van der Waals surface area contributed by atoms with Crippen LogP contribution in [0.3, 0.4) is 0 Å². The van der Waals surface area contributed by atoms with Crippen LogP contribution in [0.15, 0.2) is 97.7 Å². The van der Waals surface area contributed by atoms with Crippen LogP contribution in [0, 0.1) is 11.3 Å². The van der Waals surface area contributed by atoms with Crippen LogP contribution >= 0.6 is 27.7 Å². The number of carbonyl (C=O) groups excluding carboxylic acids is 2. The SMILES string of the molecule is COc1ccccc1NC(=O)C1=C(C)NC(SCC(=O)Nc2ccc(Br)cc2)=C(C#N)C1c1ccco1. The molecule has 2 heterocycles. The Bertz CT molecular complexity index is 1410. The van der Waals surface area contributed by atoms with Crippen molar-refractivity contribution in [1.82, 2.24) is 5.32 Å². The number of furan rings is 1. The molecule has 0 saturated heterocycles. The van der Waals surface area contributed by atoms with Crippen molar-refractivity contribution in [3.63, 3.8) is 0 Å². The standard InChI is InChI=1S/C27H23BrN4O4S/c1-16-24(26(34)32-20-6-3-4-7-21(20)35-2)25(22-8-5-13-36-22)19(14-29)27(30-16)37-15-23(33)31-18-11-9-17(28)10-12-18/h3-13,25,30H,15H2,1-2H3,(H,31,33)(H,32,34). The fourth-order valence-corrected chi connectivity index (χ4v) is 5.03. The number of amides is 2. The van der Waals surface area contributed by atoms with Crippen molar-refractivity contribution in [3.8, 4) is 11.8 Å². The number of dihydropyridines is 1. The van der Waals surface area contributed by atoms with Gasteiger partial charge in [0.15, 0.2) is 0 Å². The van der Waals surface area contributed by atoms with Gasteiger partial charge in [-0.05, 0) is 55.5 Å². The van der Waals surface area contributed by atoms with Gasteiger partial charge in [0.05, 0.1) is 53.0 Å². The van der Waals surface area contributed by atoms with E-state index >= 15 is 0 Å². The number of allylic oxidation sites excluding steroid dienone is 2. The lowest BCUT2D eigenvalue weighted by Gasteiger charge is -2.28. The van der Waals surface area contributed by atoms with Gasteiger partial charge in [0, 0.05) is 15.9 Å². The third-order valence-corrected chi connectivity index (χ3v) is 7.10. The Kier molecular flexibility index (Phi) is 8.38. The molecule has 0 saturated carbocycles. The minimum atomic E-state index is -0.756. The summed E-state index contributed by atoms with van der Waals surface area (Å²) in [6.45, 7) is 1.75. The fraction of sp³-hybridized carbons (Fsp3) is 0.148. The van der Waals surface area contributed by atoms with Gasteiger partial charge in [-0.3, -0.25) is 9.59 Å². The molecular formula is C27H23BrN4O4S. The highest BCUT2D eigenvalue weighted by molar-refractivity contribution is 9.10. The van der Waals surface area contributed by atoms with E-state index in [4.69, 9.17) is 9.15 Å². The Morgan fingerprint density at radius 2 is 1.89 bits per heavy atom. The van der Waals surface area contributed by atoms with E-state index in [1.807, 2.05) is 12.1 Å². The quantitative estimate of drug-likeness (QED) is 0.311. The van der Waals surface area contributed by atoms with Gasteiger partial charge in [-0.15, -0.1) is 0 Å². The summed E-state index contributed by atoms with van der Waals surface area (Å²) in [6.07, 6.45) is 1.50. The number of carbonyl (C=O) groups is 2. The van der Waals surface area contributed by atoms with Crippen LogP contribution in [0.4, 0.5) is 11.4 Å². The molecule has 0 bridgehead atoms. The van der Waals surface area contributed by atoms with Gasteiger partial charge >= 0.3 is 0 Å². The highest BCUT2D eigenvalue weighted by Crippen LogP contribution is 2.41. The number of para-hydroxylation sites is 2. The van der Waals surface area contributed by atoms with E-state index < -0.39 is 11.8 Å². The third kappa shape index (κ3) is 6.07. The number of benzene rings is 2. The van der Waals surface area contributed by atoms with E-state index in [0.29, 0.717) is 39.2 Å². The summed E-state index contributed by atoms with van der Waals surface area (Å²) in [5, 5.41) is 19.5. The molecule has 2 amide bonds. The van der Waals surface area contributed by atoms with E-state index in [-0.39, 0.29) is 17.2 Å². The molecule has 0 spiro atoms. The summed E-state index contributed by atoms with van der Waals surface area (Å²) in [4.78, 5) is 26.1. The summed E-state index contributed by atoms with van der Waals surface area (Å²) in [7, 11) is 1.52. The predicted molar refractivity (Wildman–Crippen MR) is 147 cm³/mol. The molecule has 1 unspecified atom stereocenters. The van der Waals surface area contributed by atoms with Crippen molar-refractivity contribution in [2.45, 2.75) is 12.8 Å². The third-order valence-electron chi connectivity index (χ3n) is 5.55. The van der Waals surface area contributed by atoms with Crippen molar-refractivity contribution >= 4 is 50.9 Å². The zero-order chi connectivity index (χ0) is 26.4. The molecule has 1 aliphatic rings. The number of hydrogen-bond donors (Lipinski definition) is 3. The van der Waals surface area contributed by atoms with Crippen LogP contribution in [0.5, 0.6) is 5.75 Å². The van der Waals surface area contributed by atoms with E-state index in [2.05, 4.69) is 37.9 Å². The largest absolute Gasteiger partial charge is 0.495 e. The molecular weight excluding hydrogens is 556 g/mol. The van der Waals surface area contributed by atoms with E-state index in [0.717, 1.165) is 4.47 Å². The van der Waals surface area contributed by atoms with Crippen LogP contribution < -0.4 is 20.7 Å². The fourth-order valence-electron chi connectivity index (χ4n) is 3.87. The van der Waals surface area contributed by atoms with Crippen LogP contribution in [0.2, 0.25) is 0 Å². The average Bonchev–Trinajstić information content (AvgIpc) is 3.43. The second kappa shape index (κ2) is 11.9. The highest BCUT2D eigenvalue weighted by atomic mass is 79.9. The van der Waals surface area contributed by atoms with Gasteiger partial charge in [-0.1, -0.05) is 39.8 Å². The first-order valence-corrected chi connectivity index (χ1v) is 13.0. The Morgan fingerprint density at radius 3 is 2.57 bits per heavy atom. The Hall–Kier alpha value is -3.94. The number of methoxy groups -OCH3 is 1. The van der Waals surface area contributed by atoms with Crippen molar-refractivity contribution in [2.24, 2.45) is 0 Å². The molecule has 0 radical (unpaired) electrons. The van der Waals surface area contributed by atoms with Crippen molar-refractivity contribution in [1.29, 1.82) is 5.26 Å². The lowest BCUT2D eigenvalue weighted by atomic mass is 9.85. The van der Waals surface area contributed by atoms with Gasteiger partial charge in [0.25, 0.3) is 5.91 Å². The van der Waals surface area contributed by atoms with Gasteiger partial charge in [0.1, 0.15) is 11.5 Å². The molecule has 1 aromatic heterocycles. The number of thioether (sulfide) groups is 1. The van der Waals surface area contributed by atoms with Gasteiger partial charge in [0.2, 0.25) is 5.91 Å². The first kappa shape index (κ1) is 26.1. The topological polar surface area (TPSA) is 116 Å². The van der Waals surface area contributed by atoms with Gasteiger partial charge in [-0.25, -0.2) is 0 Å². The predicted octanol–water partition coefficient (Wildman–Crippen LogP) is 5.76. The van der Waals surface area contributed by atoms with Crippen molar-refractivity contribution in [3.05, 3.63) is 99.0 Å². The van der Waals surface area contributed by atoms with E-state index in [1.165, 1.54) is 25.1 Å². The van der Waals surface area contributed by atoms with Crippen LogP contribution in [-0.4, -0.2) is 24.7 Å². The number of ether oxygens (including phenoxy) is 1. The van der Waals surface area contributed by atoms with E-state index in [9.17, 15) is 14.9 Å². The molecule has 2 aromatic carbocycles. The molecule has 0 aliphatic carbocycles. The molecule has 4 rings (SSSR count). The number of nitriles is 1. The average molecular weight is 579 g/mol. The minimum Gasteiger partial charge on any atom is -0.495 e. The summed E-state index contributed by atoms with van der Waals surface area (Å²) < 4.78 is 11.9. The number of hydrogen-bond acceptors (Lipinski definition) is 7. The highest BCUT2D eigenvalue weighted by Gasteiger charge is 2.36. The molecule has 8 nitrogen and oxygen atoms in total. The van der Waals surface area contributed by atoms with Crippen molar-refractivity contribution in [2.75, 3.05) is 23.5 Å². The molecule has 10 heteroatoms. The summed E-state index contributed by atoms with van der Waals surface area (Å²) in [5.41, 5.74) is 2.33. The summed E-state index contributed by atoms with van der Waals surface area (Å²) in [5.74, 6) is -0.371. The molecule has 188 valence electrons. The van der Waals surface area contributed by atoms with Crippen molar-refractivity contribution < 1.29 is 18.7 Å². The second-order valence-corrected chi connectivity index (χ2v) is 9.87. The maximum absolute atomic E-state index is 13.5. The van der Waals surface area contributed by atoms with Crippen LogP contribution in [-0.2, 0) is 9.59 Å². The number of rotatable bonds is 8. The molecule has 1 atom stereocenters. The second-order valence-electron chi connectivity index (χ2n) is 7.96. The number of halogens is 1. The lowest BCUT2D eigenvalue weighted by molar-refractivity contribution is -0.114. The molecule has 3 aromatic rings. The Balaban J connectivity index is 1.59. The Labute approximate surface area is 226 Å². The monoisotopic (exact) mass is 578 g/mol. The van der Waals surface area contributed by atoms with Gasteiger partial charge < -0.3 is 25.1 Å². The number of anilines is 2. The first-order chi connectivity index (χ1) is 17.9. The summed E-state index contributed by atoms with van der Waals surface area (Å²) >= 11 is 4.55. The molecule has 37 heavy (non-hydrogen) atoms. The normalized spacial score (nSPS) is 15.0. The molecule has 1 aliphatic heterocycles.